The molecule has 6 atom stereocenters. The molecule has 0 spiro atoms. The lowest BCUT2D eigenvalue weighted by atomic mass is 9.92. The second-order valence-corrected chi connectivity index (χ2v) is 16.4. The highest BCUT2D eigenvalue weighted by Crippen LogP contribution is 2.42. The third-order valence-corrected chi connectivity index (χ3v) is 11.8. The van der Waals surface area contributed by atoms with Crippen LogP contribution < -0.4 is 0 Å². The zero-order chi connectivity index (χ0) is 24.4. The summed E-state index contributed by atoms with van der Waals surface area (Å²) < 4.78 is 30.7. The number of aliphatic hydroxyl groups is 1. The van der Waals surface area contributed by atoms with Crippen molar-refractivity contribution in [2.24, 2.45) is 5.92 Å². The molecular formula is C26H44O6Si. The van der Waals surface area contributed by atoms with E-state index in [4.69, 9.17) is 23.4 Å². The normalized spacial score (nSPS) is 29.1. The van der Waals surface area contributed by atoms with Crippen LogP contribution in [0.3, 0.4) is 0 Å². The van der Waals surface area contributed by atoms with Gasteiger partial charge in [0.1, 0.15) is 12.2 Å². The third kappa shape index (κ3) is 6.87. The fourth-order valence-electron chi connectivity index (χ4n) is 4.13. The Morgan fingerprint density at radius 2 is 1.76 bits per heavy atom. The highest BCUT2D eigenvalue weighted by Gasteiger charge is 2.56. The zero-order valence-electron chi connectivity index (χ0n) is 21.7. The zero-order valence-corrected chi connectivity index (χ0v) is 22.7. The molecule has 6 nitrogen and oxygen atoms in total. The molecule has 3 rings (SSSR count). The first-order chi connectivity index (χ1) is 15.3. The Morgan fingerprint density at radius 1 is 1.09 bits per heavy atom. The van der Waals surface area contributed by atoms with Gasteiger partial charge in [0.2, 0.25) is 0 Å². The van der Waals surface area contributed by atoms with Gasteiger partial charge in [-0.2, -0.15) is 0 Å². The maximum Gasteiger partial charge on any atom is 0.191 e. The summed E-state index contributed by atoms with van der Waals surface area (Å²) in [4.78, 5) is 0. The molecule has 0 radical (unpaired) electrons. The summed E-state index contributed by atoms with van der Waals surface area (Å²) >= 11 is 0. The van der Waals surface area contributed by atoms with Crippen molar-refractivity contribution in [2.75, 3.05) is 6.61 Å². The van der Waals surface area contributed by atoms with Gasteiger partial charge >= 0.3 is 0 Å². The van der Waals surface area contributed by atoms with E-state index in [0.717, 1.165) is 12.8 Å². The predicted octanol–water partition coefficient (Wildman–Crippen LogP) is 5.25. The minimum atomic E-state index is -1.94. The summed E-state index contributed by atoms with van der Waals surface area (Å²) in [6.45, 7) is 18.2. The number of fused-ring (bicyclic) bond motifs is 1. The Morgan fingerprint density at radius 3 is 2.36 bits per heavy atom. The maximum absolute atomic E-state index is 11.1. The highest BCUT2D eigenvalue weighted by molar-refractivity contribution is 6.74. The second kappa shape index (κ2) is 10.4. The van der Waals surface area contributed by atoms with Gasteiger partial charge in [0.05, 0.1) is 18.8 Å². The van der Waals surface area contributed by atoms with Crippen LogP contribution in [0.5, 0.6) is 0 Å². The molecule has 1 aromatic rings. The summed E-state index contributed by atoms with van der Waals surface area (Å²) in [6.07, 6.45) is -0.366. The van der Waals surface area contributed by atoms with Crippen LogP contribution in [0.4, 0.5) is 0 Å². The van der Waals surface area contributed by atoms with E-state index in [1.165, 1.54) is 5.56 Å². The molecule has 0 saturated carbocycles. The summed E-state index contributed by atoms with van der Waals surface area (Å²) in [5.74, 6) is -0.716. The lowest BCUT2D eigenvalue weighted by Gasteiger charge is -2.38. The van der Waals surface area contributed by atoms with Gasteiger partial charge in [-0.15, -0.1) is 0 Å². The largest absolute Gasteiger partial charge is 0.416 e. The van der Waals surface area contributed by atoms with E-state index in [2.05, 4.69) is 52.9 Å². The maximum atomic E-state index is 11.1. The Labute approximate surface area is 201 Å². The lowest BCUT2D eigenvalue weighted by Crippen LogP contribution is -2.45. The molecule has 188 valence electrons. The minimum Gasteiger partial charge on any atom is -0.416 e. The Kier molecular flexibility index (Phi) is 8.48. The number of hydrogen-bond donors (Lipinski definition) is 1. The van der Waals surface area contributed by atoms with Gasteiger partial charge in [-0.25, -0.2) is 0 Å². The topological polar surface area (TPSA) is 66.4 Å². The first-order valence-electron chi connectivity index (χ1n) is 12.3. The summed E-state index contributed by atoms with van der Waals surface area (Å²) in [5, 5.41) is 11.2. The molecule has 2 heterocycles. The van der Waals surface area contributed by atoms with Crippen molar-refractivity contribution in [3.05, 3.63) is 35.9 Å². The van der Waals surface area contributed by atoms with Gasteiger partial charge < -0.3 is 28.5 Å². The second-order valence-electron chi connectivity index (χ2n) is 11.6. The van der Waals surface area contributed by atoms with Crippen molar-refractivity contribution in [3.63, 3.8) is 0 Å². The quantitative estimate of drug-likeness (QED) is 0.462. The Bertz CT molecular complexity index is 747. The molecule has 1 aromatic carbocycles. The van der Waals surface area contributed by atoms with Gasteiger partial charge in [-0.05, 0) is 57.3 Å². The summed E-state index contributed by atoms with van der Waals surface area (Å²) in [6, 6.07) is 10.2. The van der Waals surface area contributed by atoms with Crippen LogP contribution in [0.25, 0.3) is 0 Å². The smallest absolute Gasteiger partial charge is 0.191 e. The van der Waals surface area contributed by atoms with E-state index in [1.54, 1.807) is 0 Å². The molecule has 2 saturated heterocycles. The monoisotopic (exact) mass is 480 g/mol. The van der Waals surface area contributed by atoms with E-state index in [1.807, 2.05) is 32.0 Å². The van der Waals surface area contributed by atoms with Gasteiger partial charge in [-0.1, -0.05) is 51.1 Å². The van der Waals surface area contributed by atoms with Crippen LogP contribution in [-0.4, -0.2) is 56.5 Å². The van der Waals surface area contributed by atoms with E-state index >= 15 is 0 Å². The standard InChI is InChI=1S/C26H44O6Si/c1-18(28-16-19-12-10-9-11-13-19)14-15-20(17-29-33(7,8)25(2,3)4)22-21(27)23-24(30-22)32-26(5,6)31-23/h9-13,18,20-24,27H,14-17H2,1-8H3/t18?,20-,21-,22+,23+,24+/m0/s1. The molecule has 7 heteroatoms. The molecule has 1 unspecified atom stereocenters. The van der Waals surface area contributed by atoms with Gasteiger partial charge in [-0.3, -0.25) is 0 Å². The number of ether oxygens (including phenoxy) is 4. The molecule has 2 aliphatic rings. The van der Waals surface area contributed by atoms with Crippen LogP contribution in [0, 0.1) is 5.92 Å². The van der Waals surface area contributed by atoms with Crippen LogP contribution >= 0.6 is 0 Å². The number of benzene rings is 1. The Hall–Kier alpha value is -0.803. The van der Waals surface area contributed by atoms with Gasteiger partial charge in [0.25, 0.3) is 0 Å². The van der Waals surface area contributed by atoms with Gasteiger partial charge in [0.15, 0.2) is 20.4 Å². The lowest BCUT2D eigenvalue weighted by molar-refractivity contribution is -0.222. The van der Waals surface area contributed by atoms with Crippen LogP contribution in [0.15, 0.2) is 30.3 Å². The van der Waals surface area contributed by atoms with Gasteiger partial charge in [0, 0.05) is 12.5 Å². The molecule has 0 amide bonds. The van der Waals surface area contributed by atoms with E-state index in [9.17, 15) is 5.11 Å². The molecule has 1 N–H and O–H groups in total. The van der Waals surface area contributed by atoms with Crippen molar-refractivity contribution in [1.82, 2.24) is 0 Å². The summed E-state index contributed by atoms with van der Waals surface area (Å²) in [7, 11) is -1.94. The average Bonchev–Trinajstić information content (AvgIpc) is 3.18. The molecule has 0 bridgehead atoms. The molecule has 0 aliphatic carbocycles. The van der Waals surface area contributed by atoms with Crippen molar-refractivity contribution >= 4 is 8.32 Å². The number of rotatable bonds is 10. The molecule has 2 fully saturated rings. The Balaban J connectivity index is 1.62. The minimum absolute atomic E-state index is 0.0258. The van der Waals surface area contributed by atoms with Crippen molar-refractivity contribution in [3.8, 4) is 0 Å². The predicted molar refractivity (Wildman–Crippen MR) is 131 cm³/mol. The highest BCUT2D eigenvalue weighted by atomic mass is 28.4. The summed E-state index contributed by atoms with van der Waals surface area (Å²) in [5.41, 5.74) is 1.17. The molecule has 33 heavy (non-hydrogen) atoms. The first-order valence-corrected chi connectivity index (χ1v) is 15.2. The van der Waals surface area contributed by atoms with Crippen LogP contribution in [0.1, 0.15) is 59.9 Å². The fraction of sp³-hybridized carbons (Fsp3) is 0.769. The SMILES string of the molecule is CC(CC[C@@H](CO[Si](C)(C)C(C)(C)C)[C@H]1O[C@@H]2OC(C)(C)O[C@@H]2[C@H]1O)OCc1ccccc1. The number of aliphatic hydroxyl groups excluding tert-OH is 1. The molecule has 2 aliphatic heterocycles. The fourth-order valence-corrected chi connectivity index (χ4v) is 5.19. The van der Waals surface area contributed by atoms with Crippen LogP contribution in [-0.2, 0) is 30.0 Å². The van der Waals surface area contributed by atoms with Crippen molar-refractivity contribution in [2.45, 2.75) is 116 Å². The van der Waals surface area contributed by atoms with E-state index < -0.39 is 32.6 Å². The average molecular weight is 481 g/mol. The van der Waals surface area contributed by atoms with Crippen LogP contribution in [0.2, 0.25) is 18.1 Å². The van der Waals surface area contributed by atoms with E-state index in [0.29, 0.717) is 13.2 Å². The molecular weight excluding hydrogens is 436 g/mol. The number of hydrogen-bond acceptors (Lipinski definition) is 6. The first kappa shape index (κ1) is 26.8. The third-order valence-electron chi connectivity index (χ3n) is 7.30. The van der Waals surface area contributed by atoms with Crippen molar-refractivity contribution < 1.29 is 28.5 Å². The van der Waals surface area contributed by atoms with Crippen molar-refractivity contribution in [1.29, 1.82) is 0 Å². The molecule has 0 aromatic heterocycles. The van der Waals surface area contributed by atoms with E-state index in [-0.39, 0.29) is 23.2 Å².